The molecule has 14 unspecified atom stereocenters. The van der Waals surface area contributed by atoms with Crippen molar-refractivity contribution in [2.75, 3.05) is 35.0 Å². The molecular weight excluding hydrogens is 895 g/mol. The zero-order valence-corrected chi connectivity index (χ0v) is 43.0. The maximum atomic E-state index is 14.6. The van der Waals surface area contributed by atoms with Gasteiger partial charge in [0.1, 0.15) is 29.8 Å². The molecule has 1 aliphatic carbocycles. The number of amides is 1. The van der Waals surface area contributed by atoms with Crippen LogP contribution in [-0.4, -0.2) is 133 Å². The van der Waals surface area contributed by atoms with Crippen molar-refractivity contribution in [3.05, 3.63) is 84.0 Å². The normalized spacial score (nSPS) is 36.8. The van der Waals surface area contributed by atoms with Crippen LogP contribution in [0.1, 0.15) is 117 Å². The second-order valence-corrected chi connectivity index (χ2v) is 20.5. The Morgan fingerprint density at radius 3 is 2.27 bits per heavy atom. The van der Waals surface area contributed by atoms with Crippen molar-refractivity contribution < 1.29 is 62.9 Å². The Bertz CT molecular complexity index is 2060. The van der Waals surface area contributed by atoms with Crippen LogP contribution in [0.3, 0.4) is 0 Å². The summed E-state index contributed by atoms with van der Waals surface area (Å²) in [4.78, 5) is 58.7. The van der Waals surface area contributed by atoms with Crippen LogP contribution < -0.4 is 4.74 Å². The van der Waals surface area contributed by atoms with Crippen molar-refractivity contribution in [1.29, 1.82) is 0 Å². The molecule has 0 radical (unpaired) electrons. The summed E-state index contributed by atoms with van der Waals surface area (Å²) in [6.45, 7) is 13.2. The van der Waals surface area contributed by atoms with Crippen LogP contribution >= 0.6 is 0 Å². The Labute approximate surface area is 416 Å². The van der Waals surface area contributed by atoms with E-state index >= 15 is 0 Å². The third kappa shape index (κ3) is 14.0. The second-order valence-electron chi connectivity index (χ2n) is 20.5. The molecule has 14 heteroatoms. The molecule has 3 fully saturated rings. The molecule has 388 valence electrons. The molecule has 1 aromatic rings. The fraction of sp³-hybridized carbons (Fsp3) is 0.643. The van der Waals surface area contributed by atoms with E-state index in [0.29, 0.717) is 63.4 Å². The molecule has 70 heavy (non-hydrogen) atoms. The lowest BCUT2D eigenvalue weighted by Crippen LogP contribution is -2.64. The van der Waals surface area contributed by atoms with Crippen molar-refractivity contribution >= 4 is 29.5 Å². The van der Waals surface area contributed by atoms with Gasteiger partial charge in [-0.2, -0.15) is 0 Å². The molecule has 14 nitrogen and oxygen atoms in total. The molecule has 3 N–H and O–H groups in total. The van der Waals surface area contributed by atoms with Gasteiger partial charge >= 0.3 is 5.97 Å². The predicted molar refractivity (Wildman–Crippen MR) is 267 cm³/mol. The number of nitrogens with zero attached hydrogens (tertiary/aromatic N) is 1. The van der Waals surface area contributed by atoms with Crippen LogP contribution in [-0.2, 0) is 42.9 Å². The summed E-state index contributed by atoms with van der Waals surface area (Å²) >= 11 is 0. The number of hydrogen-bond donors (Lipinski definition) is 3. The number of allylic oxidation sites excluding steroid dienone is 6. The summed E-state index contributed by atoms with van der Waals surface area (Å²) in [7, 11) is 6.26. The summed E-state index contributed by atoms with van der Waals surface area (Å²) in [5.74, 6) is -7.26. The van der Waals surface area contributed by atoms with Gasteiger partial charge in [0, 0.05) is 52.0 Å². The van der Waals surface area contributed by atoms with E-state index in [4.69, 9.17) is 28.4 Å². The monoisotopic (exact) mass is 976 g/mol. The van der Waals surface area contributed by atoms with Gasteiger partial charge in [-0.1, -0.05) is 81.0 Å². The zero-order chi connectivity index (χ0) is 51.3. The van der Waals surface area contributed by atoms with Crippen LogP contribution in [0.15, 0.2) is 78.4 Å². The van der Waals surface area contributed by atoms with Gasteiger partial charge in [-0.05, 0) is 120 Å². The third-order valence-corrected chi connectivity index (χ3v) is 15.2. The van der Waals surface area contributed by atoms with E-state index in [1.54, 1.807) is 34.1 Å². The van der Waals surface area contributed by atoms with E-state index < -0.39 is 89.5 Å². The molecule has 4 aliphatic rings. The zero-order valence-electron chi connectivity index (χ0n) is 43.0. The number of aliphatic hydroxyl groups is 3. The van der Waals surface area contributed by atoms with Crippen LogP contribution in [0.25, 0.3) is 6.08 Å². The highest BCUT2D eigenvalue weighted by Crippen LogP contribution is 2.41. The fourth-order valence-electron chi connectivity index (χ4n) is 11.0. The lowest BCUT2D eigenvalue weighted by atomic mass is 9.74. The molecule has 1 amide bonds. The summed E-state index contributed by atoms with van der Waals surface area (Å²) in [6.07, 6.45) is 13.0. The molecule has 3 aliphatic heterocycles. The Hall–Kier alpha value is -4.28. The van der Waals surface area contributed by atoms with E-state index in [0.717, 1.165) is 16.9 Å². The summed E-state index contributed by atoms with van der Waals surface area (Å²) in [6, 6.07) is 6.53. The number of esters is 1. The van der Waals surface area contributed by atoms with Gasteiger partial charge in [0.25, 0.3) is 11.7 Å². The number of hydrogen-bond acceptors (Lipinski definition) is 13. The highest BCUT2D eigenvalue weighted by molar-refractivity contribution is 6.39. The number of Topliss-reactive ketones (excluding diaryl/α,β-unsaturated/α-hetero) is 2. The Kier molecular flexibility index (Phi) is 21.0. The SMILES string of the molecule is C=CCC1/C=C(\C)CC(C)CC(OC)C2OC(O)(C(=O)C(=O)N3CCCCC3C(=O)OC(C(C)=CC3CCC(O)(CC=CC=Cc4ccc(OC)cc4)C(OC)C3)C(C)C(O)CC1=O)C(C)CC2OC. The van der Waals surface area contributed by atoms with E-state index in [2.05, 4.69) is 6.58 Å². The lowest BCUT2D eigenvalue weighted by Gasteiger charge is -2.47. The Morgan fingerprint density at radius 2 is 1.61 bits per heavy atom. The number of cyclic esters (lactones) is 1. The lowest BCUT2D eigenvalue weighted by molar-refractivity contribution is -0.302. The predicted octanol–water partition coefficient (Wildman–Crippen LogP) is 7.68. The van der Waals surface area contributed by atoms with E-state index in [1.807, 2.05) is 81.5 Å². The number of methoxy groups -OCH3 is 4. The van der Waals surface area contributed by atoms with Gasteiger partial charge in [0.15, 0.2) is 0 Å². The Balaban J connectivity index is 1.45. The largest absolute Gasteiger partial charge is 0.497 e. The molecular formula is C56H81NO13. The number of ketones is 2. The minimum atomic E-state index is -2.53. The number of ether oxygens (including phenoxy) is 6. The third-order valence-electron chi connectivity index (χ3n) is 15.2. The smallest absolute Gasteiger partial charge is 0.329 e. The first kappa shape index (κ1) is 56.6. The number of carbonyl (C=O) groups excluding carboxylic acids is 4. The van der Waals surface area contributed by atoms with Crippen LogP contribution in [0, 0.1) is 29.6 Å². The number of piperidine rings is 1. The standard InChI is InChI=1S/C56H81NO13/c1-11-17-42-29-35(2)28-36(3)30-47(66-8)51-48(67-9)32-38(5)56(64,70-51)52(60)53(61)57-27-16-14-19-44(57)54(62)69-50(39(6)45(58)34-46(42)59)37(4)31-41-24-26-55(63,49(33-41)68-10)25-15-12-13-18-40-20-22-43(65-7)23-21-40/h11-13,15,18,20-23,29,31,36,38-39,41-42,44-45,47-51,58,63-64H,1,14,16-17,19,24-28,30,32-34H2,2-10H3/b15-12?,18-13?,35-29+,37-31?. The van der Waals surface area contributed by atoms with E-state index in [-0.39, 0.29) is 43.4 Å². The molecule has 3 heterocycles. The van der Waals surface area contributed by atoms with Gasteiger partial charge in [-0.25, -0.2) is 4.79 Å². The van der Waals surface area contributed by atoms with Crippen LogP contribution in [0.5, 0.6) is 5.75 Å². The van der Waals surface area contributed by atoms with Crippen molar-refractivity contribution in [3.63, 3.8) is 0 Å². The quantitative estimate of drug-likeness (QED) is 0.0802. The molecule has 1 saturated carbocycles. The van der Waals surface area contributed by atoms with Gasteiger partial charge in [-0.3, -0.25) is 14.4 Å². The van der Waals surface area contributed by atoms with Gasteiger partial charge in [-0.15, -0.1) is 6.58 Å². The number of carbonyl (C=O) groups is 4. The number of benzene rings is 1. The van der Waals surface area contributed by atoms with Gasteiger partial charge < -0.3 is 48.6 Å². The molecule has 14 atom stereocenters. The number of aliphatic hydroxyl groups excluding tert-OH is 1. The molecule has 1 aromatic carbocycles. The molecule has 2 bridgehead atoms. The van der Waals surface area contributed by atoms with Crippen LogP contribution in [0.2, 0.25) is 0 Å². The van der Waals surface area contributed by atoms with Crippen molar-refractivity contribution in [3.8, 4) is 5.75 Å². The fourth-order valence-corrected chi connectivity index (χ4v) is 11.0. The first-order chi connectivity index (χ1) is 33.3. The highest BCUT2D eigenvalue weighted by atomic mass is 16.7. The number of rotatable bonds is 12. The van der Waals surface area contributed by atoms with Crippen LogP contribution in [0.4, 0.5) is 0 Å². The Morgan fingerprint density at radius 1 is 0.914 bits per heavy atom. The number of fused-ring (bicyclic) bond motifs is 3. The van der Waals surface area contributed by atoms with Gasteiger partial charge in [0.05, 0.1) is 37.1 Å². The molecule has 0 spiro atoms. The van der Waals surface area contributed by atoms with Crippen molar-refractivity contribution in [2.24, 2.45) is 29.6 Å². The topological polar surface area (TPSA) is 188 Å². The first-order valence-corrected chi connectivity index (χ1v) is 25.2. The van der Waals surface area contributed by atoms with Crippen molar-refractivity contribution in [1.82, 2.24) is 4.90 Å². The van der Waals surface area contributed by atoms with E-state index in [1.165, 1.54) is 19.1 Å². The summed E-state index contributed by atoms with van der Waals surface area (Å²) in [5.41, 5.74) is 1.46. The maximum absolute atomic E-state index is 14.6. The maximum Gasteiger partial charge on any atom is 0.329 e. The van der Waals surface area contributed by atoms with Crippen molar-refractivity contribution in [2.45, 2.75) is 166 Å². The highest BCUT2D eigenvalue weighted by Gasteiger charge is 2.56. The molecule has 2 saturated heterocycles. The minimum Gasteiger partial charge on any atom is -0.497 e. The average molecular weight is 976 g/mol. The second kappa shape index (κ2) is 25.9. The summed E-state index contributed by atoms with van der Waals surface area (Å²) in [5, 5.41) is 35.9. The summed E-state index contributed by atoms with van der Waals surface area (Å²) < 4.78 is 35.6. The minimum absolute atomic E-state index is 0.00763. The molecule has 0 aromatic heterocycles. The average Bonchev–Trinajstić information content (AvgIpc) is 3.34. The van der Waals surface area contributed by atoms with E-state index in [9.17, 15) is 34.5 Å². The van der Waals surface area contributed by atoms with Gasteiger partial charge in [0.2, 0.25) is 5.79 Å². The first-order valence-electron chi connectivity index (χ1n) is 25.2. The molecule has 5 rings (SSSR count).